The summed E-state index contributed by atoms with van der Waals surface area (Å²) >= 11 is 0. The second kappa shape index (κ2) is 5.71. The Labute approximate surface area is 130 Å². The normalized spacial score (nSPS) is 19.7. The molecular weight excluding hydrogens is 302 g/mol. The van der Waals surface area contributed by atoms with Crippen molar-refractivity contribution in [3.8, 4) is 6.07 Å². The Morgan fingerprint density at radius 1 is 1.18 bits per heavy atom. The van der Waals surface area contributed by atoms with Crippen molar-refractivity contribution >= 4 is 15.9 Å². The maximum Gasteiger partial charge on any atom is 0.243 e. The van der Waals surface area contributed by atoms with Crippen LogP contribution in [0.3, 0.4) is 0 Å². The fourth-order valence-electron chi connectivity index (χ4n) is 2.61. The van der Waals surface area contributed by atoms with Crippen LogP contribution in [0.15, 0.2) is 29.2 Å². The highest BCUT2D eigenvalue weighted by Gasteiger charge is 2.36. The Bertz CT molecular complexity index is 727. The Hall–Kier alpha value is -1.91. The number of nitrogens with zero attached hydrogens (tertiary/aromatic N) is 3. The van der Waals surface area contributed by atoms with Crippen LogP contribution in [0.5, 0.6) is 0 Å². The van der Waals surface area contributed by atoms with Gasteiger partial charge in [0.2, 0.25) is 15.9 Å². The molecule has 0 aromatic heterocycles. The van der Waals surface area contributed by atoms with E-state index >= 15 is 0 Å². The van der Waals surface area contributed by atoms with Gasteiger partial charge >= 0.3 is 0 Å². The van der Waals surface area contributed by atoms with Crippen molar-refractivity contribution in [1.82, 2.24) is 9.21 Å². The topological polar surface area (TPSA) is 81.5 Å². The molecule has 1 heterocycles. The van der Waals surface area contributed by atoms with Crippen LogP contribution in [-0.2, 0) is 14.8 Å². The van der Waals surface area contributed by atoms with Gasteiger partial charge in [-0.2, -0.15) is 9.57 Å². The molecule has 0 bridgehead atoms. The molecule has 1 saturated heterocycles. The van der Waals surface area contributed by atoms with Gasteiger partial charge < -0.3 is 4.90 Å². The molecule has 22 heavy (non-hydrogen) atoms. The van der Waals surface area contributed by atoms with Crippen LogP contribution in [0.1, 0.15) is 18.4 Å². The molecule has 3 rings (SSSR count). The maximum atomic E-state index is 12.6. The van der Waals surface area contributed by atoms with E-state index in [1.165, 1.54) is 16.4 Å². The van der Waals surface area contributed by atoms with Crippen molar-refractivity contribution in [3.63, 3.8) is 0 Å². The minimum absolute atomic E-state index is 0.133. The Morgan fingerprint density at radius 2 is 1.86 bits per heavy atom. The minimum Gasteiger partial charge on any atom is -0.340 e. The molecule has 0 unspecified atom stereocenters. The first-order valence-corrected chi connectivity index (χ1v) is 8.75. The molecule has 116 valence electrons. The number of rotatable bonds is 3. The number of piperazine rings is 1. The molecule has 2 aliphatic rings. The van der Waals surface area contributed by atoms with Crippen LogP contribution in [-0.4, -0.2) is 49.7 Å². The number of amides is 1. The number of nitriles is 1. The number of benzene rings is 1. The average Bonchev–Trinajstić information content (AvgIpc) is 3.39. The van der Waals surface area contributed by atoms with Crippen LogP contribution >= 0.6 is 0 Å². The van der Waals surface area contributed by atoms with Crippen molar-refractivity contribution in [1.29, 1.82) is 5.26 Å². The van der Waals surface area contributed by atoms with E-state index < -0.39 is 10.0 Å². The number of carbonyl (C=O) groups is 1. The standard InChI is InChI=1S/C15H17N3O3S/c16-11-12-2-1-3-14(10-12)22(20,21)18-8-6-17(7-9-18)15(19)13-4-5-13/h1-3,10,13H,4-9H2. The average molecular weight is 319 g/mol. The van der Waals surface area contributed by atoms with Crippen LogP contribution in [0.4, 0.5) is 0 Å². The van der Waals surface area contributed by atoms with Gasteiger partial charge in [0.25, 0.3) is 0 Å². The third kappa shape index (κ3) is 2.85. The first-order chi connectivity index (χ1) is 10.5. The molecule has 1 saturated carbocycles. The predicted molar refractivity (Wildman–Crippen MR) is 79.2 cm³/mol. The molecule has 1 aliphatic carbocycles. The number of sulfonamides is 1. The summed E-state index contributed by atoms with van der Waals surface area (Å²) in [5.74, 6) is 0.319. The van der Waals surface area contributed by atoms with Gasteiger partial charge in [-0.1, -0.05) is 6.07 Å². The van der Waals surface area contributed by atoms with Crippen LogP contribution in [0, 0.1) is 17.2 Å². The summed E-state index contributed by atoms with van der Waals surface area (Å²) < 4.78 is 26.6. The summed E-state index contributed by atoms with van der Waals surface area (Å²) in [7, 11) is -3.60. The van der Waals surface area contributed by atoms with Gasteiger partial charge in [0.15, 0.2) is 0 Å². The lowest BCUT2D eigenvalue weighted by molar-refractivity contribution is -0.133. The first kappa shape index (κ1) is 15.0. The molecule has 0 radical (unpaired) electrons. The number of carbonyl (C=O) groups excluding carboxylic acids is 1. The van der Waals surface area contributed by atoms with E-state index in [0.717, 1.165) is 12.8 Å². The largest absolute Gasteiger partial charge is 0.340 e. The molecule has 2 fully saturated rings. The second-order valence-electron chi connectivity index (χ2n) is 5.64. The Morgan fingerprint density at radius 3 is 2.45 bits per heavy atom. The maximum absolute atomic E-state index is 12.6. The molecule has 1 aromatic carbocycles. The molecule has 7 heteroatoms. The lowest BCUT2D eigenvalue weighted by Gasteiger charge is -2.34. The highest BCUT2D eigenvalue weighted by atomic mass is 32.2. The van der Waals surface area contributed by atoms with E-state index in [9.17, 15) is 13.2 Å². The van der Waals surface area contributed by atoms with E-state index in [0.29, 0.717) is 31.7 Å². The van der Waals surface area contributed by atoms with Gasteiger partial charge in [-0.25, -0.2) is 8.42 Å². The molecule has 1 amide bonds. The highest BCUT2D eigenvalue weighted by Crippen LogP contribution is 2.31. The van der Waals surface area contributed by atoms with Gasteiger partial charge in [-0.15, -0.1) is 0 Å². The monoisotopic (exact) mass is 319 g/mol. The summed E-state index contributed by atoms with van der Waals surface area (Å²) in [4.78, 5) is 13.9. The van der Waals surface area contributed by atoms with Crippen LogP contribution in [0.2, 0.25) is 0 Å². The molecule has 1 aliphatic heterocycles. The van der Waals surface area contributed by atoms with Crippen molar-refractivity contribution in [2.75, 3.05) is 26.2 Å². The predicted octanol–water partition coefficient (Wildman–Crippen LogP) is 0.801. The molecule has 0 atom stereocenters. The fourth-order valence-corrected chi connectivity index (χ4v) is 4.08. The lowest BCUT2D eigenvalue weighted by Crippen LogP contribution is -2.50. The van der Waals surface area contributed by atoms with Crippen molar-refractivity contribution in [3.05, 3.63) is 29.8 Å². The Kier molecular flexibility index (Phi) is 3.89. The van der Waals surface area contributed by atoms with E-state index in [1.807, 2.05) is 6.07 Å². The van der Waals surface area contributed by atoms with Crippen molar-refractivity contribution in [2.45, 2.75) is 17.7 Å². The Balaban J connectivity index is 1.71. The fraction of sp³-hybridized carbons (Fsp3) is 0.467. The third-order valence-corrected chi connectivity index (χ3v) is 5.97. The summed E-state index contributed by atoms with van der Waals surface area (Å²) in [6.45, 7) is 1.48. The van der Waals surface area contributed by atoms with E-state index in [1.54, 1.807) is 17.0 Å². The van der Waals surface area contributed by atoms with E-state index in [4.69, 9.17) is 5.26 Å². The first-order valence-electron chi connectivity index (χ1n) is 7.31. The second-order valence-corrected chi connectivity index (χ2v) is 7.58. The summed E-state index contributed by atoms with van der Waals surface area (Å²) in [5, 5.41) is 8.89. The van der Waals surface area contributed by atoms with Gasteiger partial charge in [0.05, 0.1) is 16.5 Å². The zero-order valence-corrected chi connectivity index (χ0v) is 12.9. The van der Waals surface area contributed by atoms with Gasteiger partial charge in [-0.05, 0) is 31.0 Å². The van der Waals surface area contributed by atoms with E-state index in [-0.39, 0.29) is 16.7 Å². The smallest absolute Gasteiger partial charge is 0.243 e. The van der Waals surface area contributed by atoms with Gasteiger partial charge in [-0.3, -0.25) is 4.79 Å². The van der Waals surface area contributed by atoms with Crippen LogP contribution < -0.4 is 0 Å². The molecule has 1 aromatic rings. The minimum atomic E-state index is -3.60. The summed E-state index contributed by atoms with van der Waals surface area (Å²) in [5.41, 5.74) is 0.323. The van der Waals surface area contributed by atoms with Crippen LogP contribution in [0.25, 0.3) is 0 Å². The van der Waals surface area contributed by atoms with Crippen molar-refractivity contribution < 1.29 is 13.2 Å². The number of hydrogen-bond donors (Lipinski definition) is 0. The SMILES string of the molecule is N#Cc1cccc(S(=O)(=O)N2CCN(C(=O)C3CC3)CC2)c1. The third-order valence-electron chi connectivity index (χ3n) is 4.08. The van der Waals surface area contributed by atoms with E-state index in [2.05, 4.69) is 0 Å². The quantitative estimate of drug-likeness (QED) is 0.825. The van der Waals surface area contributed by atoms with Crippen molar-refractivity contribution in [2.24, 2.45) is 5.92 Å². The molecule has 6 nitrogen and oxygen atoms in total. The molecule has 0 N–H and O–H groups in total. The zero-order chi connectivity index (χ0) is 15.7. The molecular formula is C15H17N3O3S. The summed E-state index contributed by atoms with van der Waals surface area (Å²) in [6.07, 6.45) is 1.91. The molecule has 0 spiro atoms. The highest BCUT2D eigenvalue weighted by molar-refractivity contribution is 7.89. The zero-order valence-electron chi connectivity index (χ0n) is 12.1. The lowest BCUT2D eigenvalue weighted by atomic mass is 10.2. The van der Waals surface area contributed by atoms with Gasteiger partial charge in [0, 0.05) is 32.1 Å². The van der Waals surface area contributed by atoms with Gasteiger partial charge in [0.1, 0.15) is 0 Å². The number of hydrogen-bond acceptors (Lipinski definition) is 4. The summed E-state index contributed by atoms with van der Waals surface area (Å²) in [6, 6.07) is 7.97.